The lowest BCUT2D eigenvalue weighted by atomic mass is 9.87. The van der Waals surface area contributed by atoms with Crippen LogP contribution in [0.15, 0.2) is 104 Å². The van der Waals surface area contributed by atoms with E-state index in [2.05, 4.69) is 40.3 Å². The molecule has 0 radical (unpaired) electrons. The van der Waals surface area contributed by atoms with E-state index >= 15 is 0 Å². The molecular weight excluding hydrogens is 462 g/mol. The Morgan fingerprint density at radius 1 is 0.919 bits per heavy atom. The molecule has 2 heterocycles. The van der Waals surface area contributed by atoms with E-state index in [1.54, 1.807) is 18.5 Å². The first-order valence-electron chi connectivity index (χ1n) is 12.0. The highest BCUT2D eigenvalue weighted by atomic mass is 16.5. The van der Waals surface area contributed by atoms with Gasteiger partial charge >= 0.3 is 5.97 Å². The highest BCUT2D eigenvalue weighted by Crippen LogP contribution is 2.37. The number of hydrogen-bond acceptors (Lipinski definition) is 4. The molecule has 0 unspecified atom stereocenters. The first kappa shape index (κ1) is 23.8. The Labute approximate surface area is 214 Å². The van der Waals surface area contributed by atoms with Gasteiger partial charge < -0.3 is 9.84 Å². The number of H-pyrrole nitrogens is 1. The van der Waals surface area contributed by atoms with E-state index in [-0.39, 0.29) is 0 Å². The maximum atomic E-state index is 10.9. The van der Waals surface area contributed by atoms with Gasteiger partial charge in [-0.05, 0) is 82.3 Å². The predicted molar refractivity (Wildman–Crippen MR) is 146 cm³/mol. The van der Waals surface area contributed by atoms with Gasteiger partial charge in [0.25, 0.3) is 0 Å². The minimum absolute atomic E-state index is 0.678. The van der Waals surface area contributed by atoms with Crippen LogP contribution in [0.2, 0.25) is 0 Å². The number of hydrogen-bond donors (Lipinski definition) is 2. The number of fused-ring (bicyclic) bond motifs is 1. The number of allylic oxidation sites excluding steroid dienone is 1. The molecule has 0 bridgehead atoms. The van der Waals surface area contributed by atoms with Crippen LogP contribution in [0.3, 0.4) is 0 Å². The normalized spacial score (nSPS) is 12.0. The highest BCUT2D eigenvalue weighted by Gasteiger charge is 2.15. The van der Waals surface area contributed by atoms with Gasteiger partial charge in [-0.3, -0.25) is 10.1 Å². The molecule has 0 fully saturated rings. The minimum Gasteiger partial charge on any atom is -0.478 e. The summed E-state index contributed by atoms with van der Waals surface area (Å²) in [5.74, 6) is 0.437. The molecule has 5 rings (SSSR count). The van der Waals surface area contributed by atoms with Crippen LogP contribution in [0.25, 0.3) is 28.1 Å². The zero-order valence-electron chi connectivity index (χ0n) is 20.3. The first-order valence-corrected chi connectivity index (χ1v) is 12.0. The Morgan fingerprint density at radius 3 is 2.49 bits per heavy atom. The third-order valence-electron chi connectivity index (χ3n) is 6.05. The molecule has 0 saturated carbocycles. The van der Waals surface area contributed by atoms with Crippen LogP contribution < -0.4 is 4.74 Å². The summed E-state index contributed by atoms with van der Waals surface area (Å²) >= 11 is 0. The summed E-state index contributed by atoms with van der Waals surface area (Å²) in [6.07, 6.45) is 8.75. The molecule has 2 N–H and O–H groups in total. The summed E-state index contributed by atoms with van der Waals surface area (Å²) in [6.45, 7) is 2.14. The summed E-state index contributed by atoms with van der Waals surface area (Å²) in [6, 6.07) is 26.0. The number of aromatic amines is 1. The molecule has 2 aromatic heterocycles. The summed E-state index contributed by atoms with van der Waals surface area (Å²) in [7, 11) is 0. The molecule has 182 valence electrons. The third-order valence-corrected chi connectivity index (χ3v) is 6.05. The van der Waals surface area contributed by atoms with Crippen LogP contribution in [0, 0.1) is 0 Å². The van der Waals surface area contributed by atoms with Crippen LogP contribution in [-0.4, -0.2) is 26.3 Å². The summed E-state index contributed by atoms with van der Waals surface area (Å²) in [5.41, 5.74) is 7.21. The van der Waals surface area contributed by atoms with Crippen molar-refractivity contribution >= 4 is 34.1 Å². The second-order valence-electron chi connectivity index (χ2n) is 8.49. The van der Waals surface area contributed by atoms with Crippen molar-refractivity contribution in [3.8, 4) is 11.5 Å². The van der Waals surface area contributed by atoms with Crippen molar-refractivity contribution in [3.63, 3.8) is 0 Å². The Hall–Kier alpha value is -4.97. The van der Waals surface area contributed by atoms with E-state index in [1.165, 1.54) is 0 Å². The number of ether oxygens (including phenoxy) is 1. The van der Waals surface area contributed by atoms with E-state index in [0.717, 1.165) is 62.5 Å². The van der Waals surface area contributed by atoms with Crippen LogP contribution >= 0.6 is 0 Å². The van der Waals surface area contributed by atoms with Gasteiger partial charge in [0.2, 0.25) is 0 Å². The molecule has 0 amide bonds. The van der Waals surface area contributed by atoms with Crippen LogP contribution in [0.5, 0.6) is 11.5 Å². The predicted octanol–water partition coefficient (Wildman–Crippen LogP) is 7.22. The molecule has 0 aliphatic heterocycles. The quantitative estimate of drug-likeness (QED) is 0.178. The van der Waals surface area contributed by atoms with Gasteiger partial charge in [-0.25, -0.2) is 4.79 Å². The molecule has 0 aliphatic rings. The topological polar surface area (TPSA) is 88.1 Å². The van der Waals surface area contributed by atoms with E-state index < -0.39 is 5.97 Å². The van der Waals surface area contributed by atoms with Gasteiger partial charge in [-0.2, -0.15) is 5.10 Å². The Balaban J connectivity index is 1.63. The van der Waals surface area contributed by atoms with Crippen molar-refractivity contribution in [1.29, 1.82) is 0 Å². The first-order chi connectivity index (χ1) is 18.1. The molecule has 5 aromatic rings. The fourth-order valence-electron chi connectivity index (χ4n) is 4.36. The molecule has 37 heavy (non-hydrogen) atoms. The fraction of sp³-hybridized carbons (Fsp3) is 0.0645. The number of carboxylic acids is 1. The summed E-state index contributed by atoms with van der Waals surface area (Å²) < 4.78 is 6.06. The SMILES string of the molecule is CCC(=C(c1ccc(C=CC(=O)O)cc1)c1ccc2[nH]ncc2c1)c1cccc(Oc2cccnc2)c1. The second-order valence-corrected chi connectivity index (χ2v) is 8.49. The number of rotatable bonds is 8. The number of aliphatic carboxylic acids is 1. The lowest BCUT2D eigenvalue weighted by Gasteiger charge is -2.17. The van der Waals surface area contributed by atoms with Crippen LogP contribution in [0.1, 0.15) is 35.6 Å². The lowest BCUT2D eigenvalue weighted by Crippen LogP contribution is -1.96. The Kier molecular flexibility index (Phi) is 6.90. The maximum absolute atomic E-state index is 10.9. The Morgan fingerprint density at radius 2 is 1.73 bits per heavy atom. The van der Waals surface area contributed by atoms with Gasteiger partial charge in [-0.1, -0.05) is 49.4 Å². The zero-order valence-corrected chi connectivity index (χ0v) is 20.3. The number of nitrogens with zero attached hydrogens (tertiary/aromatic N) is 2. The number of aromatic nitrogens is 3. The molecule has 6 heteroatoms. The Bertz CT molecular complexity index is 1600. The molecular formula is C31H25N3O3. The molecule has 3 aromatic carbocycles. The monoisotopic (exact) mass is 487 g/mol. The smallest absolute Gasteiger partial charge is 0.328 e. The number of carbonyl (C=O) groups is 1. The van der Waals surface area contributed by atoms with Crippen molar-refractivity contribution in [2.45, 2.75) is 13.3 Å². The average Bonchev–Trinajstić information content (AvgIpc) is 3.40. The van der Waals surface area contributed by atoms with Gasteiger partial charge in [0.05, 0.1) is 17.9 Å². The lowest BCUT2D eigenvalue weighted by molar-refractivity contribution is -0.131. The van der Waals surface area contributed by atoms with Crippen LogP contribution in [0.4, 0.5) is 0 Å². The number of pyridine rings is 1. The third kappa shape index (κ3) is 5.49. The van der Waals surface area contributed by atoms with E-state index in [1.807, 2.05) is 66.9 Å². The second kappa shape index (κ2) is 10.7. The molecule has 0 spiro atoms. The maximum Gasteiger partial charge on any atom is 0.328 e. The average molecular weight is 488 g/mol. The zero-order chi connectivity index (χ0) is 25.6. The van der Waals surface area contributed by atoms with E-state index in [4.69, 9.17) is 9.84 Å². The molecule has 0 aliphatic carbocycles. The van der Waals surface area contributed by atoms with E-state index in [9.17, 15) is 4.79 Å². The van der Waals surface area contributed by atoms with E-state index in [0.29, 0.717) is 5.75 Å². The summed E-state index contributed by atoms with van der Waals surface area (Å²) in [4.78, 5) is 15.1. The van der Waals surface area contributed by atoms with Crippen molar-refractivity contribution < 1.29 is 14.6 Å². The van der Waals surface area contributed by atoms with Gasteiger partial charge in [-0.15, -0.1) is 0 Å². The molecule has 6 nitrogen and oxygen atoms in total. The number of benzene rings is 3. The standard InChI is InChI=1S/C31H25N3O3/c1-2-28(23-5-3-6-26(18-23)37-27-7-4-16-32-20-27)31(24-13-14-29-25(17-24)19-33-34-29)22-11-8-21(9-12-22)10-15-30(35)36/h3-20H,2H2,1H3,(H,33,34)(H,35,36). The number of nitrogens with one attached hydrogen (secondary N) is 1. The summed E-state index contributed by atoms with van der Waals surface area (Å²) in [5, 5.41) is 17.2. The van der Waals surface area contributed by atoms with Gasteiger partial charge in [0, 0.05) is 17.7 Å². The molecule has 0 saturated heterocycles. The fourth-order valence-corrected chi connectivity index (χ4v) is 4.36. The largest absolute Gasteiger partial charge is 0.478 e. The van der Waals surface area contributed by atoms with Crippen molar-refractivity contribution in [2.24, 2.45) is 0 Å². The van der Waals surface area contributed by atoms with Crippen molar-refractivity contribution in [3.05, 3.63) is 126 Å². The number of carboxylic acid groups (broad SMARTS) is 1. The minimum atomic E-state index is -0.972. The molecule has 0 atom stereocenters. The van der Waals surface area contributed by atoms with Crippen molar-refractivity contribution in [2.75, 3.05) is 0 Å². The van der Waals surface area contributed by atoms with Gasteiger partial charge in [0.15, 0.2) is 0 Å². The van der Waals surface area contributed by atoms with Crippen LogP contribution in [-0.2, 0) is 4.79 Å². The van der Waals surface area contributed by atoms with Gasteiger partial charge in [0.1, 0.15) is 11.5 Å². The highest BCUT2D eigenvalue weighted by molar-refractivity contribution is 6.00. The van der Waals surface area contributed by atoms with Crippen molar-refractivity contribution in [1.82, 2.24) is 15.2 Å².